The average molecular weight is 344 g/mol. The lowest BCUT2D eigenvalue weighted by atomic mass is 9.96. The van der Waals surface area contributed by atoms with Crippen molar-refractivity contribution in [2.24, 2.45) is 11.7 Å². The smallest absolute Gasteiger partial charge is 0.231 e. The van der Waals surface area contributed by atoms with Gasteiger partial charge in [0.25, 0.3) is 0 Å². The number of hydrogen-bond donors (Lipinski definition) is 3. The first-order valence-electron chi connectivity index (χ1n) is 8.49. The fourth-order valence-electron chi connectivity index (χ4n) is 3.29. The predicted molar refractivity (Wildman–Crippen MR) is 95.1 cm³/mol. The van der Waals surface area contributed by atoms with Crippen LogP contribution in [0.2, 0.25) is 0 Å². The Hall–Kier alpha value is -2.54. The molecule has 1 aliphatic heterocycles. The quantitative estimate of drug-likeness (QED) is 0.727. The Labute approximate surface area is 146 Å². The van der Waals surface area contributed by atoms with Crippen LogP contribution in [0.4, 0.5) is 0 Å². The first-order chi connectivity index (χ1) is 12.0. The molecular formula is C18H24N4O3. The second-order valence-corrected chi connectivity index (χ2v) is 6.48. The van der Waals surface area contributed by atoms with Gasteiger partial charge in [-0.25, -0.2) is 0 Å². The van der Waals surface area contributed by atoms with Gasteiger partial charge < -0.3 is 20.8 Å². The van der Waals surface area contributed by atoms with Gasteiger partial charge >= 0.3 is 0 Å². The molecule has 1 fully saturated rings. The Bertz CT molecular complexity index is 763. The first-order valence-corrected chi connectivity index (χ1v) is 8.49. The summed E-state index contributed by atoms with van der Waals surface area (Å²) in [6.45, 7) is 2.20. The summed E-state index contributed by atoms with van der Waals surface area (Å²) in [5.74, 6) is 0.548. The number of nitrogens with one attached hydrogen (secondary N) is 2. The zero-order valence-corrected chi connectivity index (χ0v) is 14.4. The van der Waals surface area contributed by atoms with Gasteiger partial charge in [0.05, 0.1) is 20.2 Å². The third-order valence-corrected chi connectivity index (χ3v) is 4.67. The van der Waals surface area contributed by atoms with Crippen LogP contribution in [0, 0.1) is 5.92 Å². The lowest BCUT2D eigenvalue weighted by Crippen LogP contribution is -2.43. The number of likely N-dealkylation sites (tertiary alicyclic amines) is 1. The zero-order chi connectivity index (χ0) is 17.8. The first kappa shape index (κ1) is 17.3. The number of H-pyrrole nitrogens is 1. The Morgan fingerprint density at radius 1 is 1.32 bits per heavy atom. The summed E-state index contributed by atoms with van der Waals surface area (Å²) in [6.07, 6.45) is 1.51. The number of methoxy groups -OCH3 is 1. The second-order valence-electron chi connectivity index (χ2n) is 6.48. The summed E-state index contributed by atoms with van der Waals surface area (Å²) in [6, 6.07) is 7.86. The zero-order valence-electron chi connectivity index (χ0n) is 14.4. The molecule has 0 aliphatic carbocycles. The third kappa shape index (κ3) is 4.30. The number of nitrogens with two attached hydrogens (primary N) is 1. The molecule has 2 heterocycles. The molecule has 2 amide bonds. The molecule has 0 radical (unpaired) electrons. The molecule has 134 valence electrons. The molecule has 1 aromatic carbocycles. The Balaban J connectivity index is 1.51. The van der Waals surface area contributed by atoms with Crippen molar-refractivity contribution < 1.29 is 14.3 Å². The fourth-order valence-corrected chi connectivity index (χ4v) is 3.29. The van der Waals surface area contributed by atoms with E-state index in [1.165, 1.54) is 0 Å². The fraction of sp³-hybridized carbons (Fsp3) is 0.444. The van der Waals surface area contributed by atoms with Crippen LogP contribution in [0.25, 0.3) is 10.9 Å². The van der Waals surface area contributed by atoms with Crippen molar-refractivity contribution in [1.82, 2.24) is 15.2 Å². The number of benzene rings is 1. The van der Waals surface area contributed by atoms with Crippen LogP contribution in [0.1, 0.15) is 18.5 Å². The van der Waals surface area contributed by atoms with Crippen LogP contribution >= 0.6 is 0 Å². The van der Waals surface area contributed by atoms with Crippen LogP contribution in [-0.4, -0.2) is 48.4 Å². The summed E-state index contributed by atoms with van der Waals surface area (Å²) in [5, 5.41) is 4.06. The minimum Gasteiger partial charge on any atom is -0.497 e. The van der Waals surface area contributed by atoms with E-state index in [-0.39, 0.29) is 24.3 Å². The average Bonchev–Trinajstić information content (AvgIpc) is 3.01. The number of aromatic nitrogens is 1. The number of piperidine rings is 1. The molecule has 0 bridgehead atoms. The Morgan fingerprint density at radius 2 is 2.08 bits per heavy atom. The van der Waals surface area contributed by atoms with E-state index in [9.17, 15) is 9.59 Å². The highest BCUT2D eigenvalue weighted by atomic mass is 16.5. The SMILES string of the molecule is COc1ccc2[nH]c(CNC(=O)C3CCN(CC(N)=O)CC3)cc2c1. The number of carbonyl (C=O) groups is 2. The molecular weight excluding hydrogens is 320 g/mol. The van der Waals surface area contributed by atoms with Gasteiger partial charge in [-0.15, -0.1) is 0 Å². The van der Waals surface area contributed by atoms with Crippen molar-refractivity contribution in [2.75, 3.05) is 26.7 Å². The molecule has 0 atom stereocenters. The lowest BCUT2D eigenvalue weighted by molar-refractivity contribution is -0.126. The molecule has 25 heavy (non-hydrogen) atoms. The number of nitrogens with zero attached hydrogens (tertiary/aromatic N) is 1. The molecule has 3 rings (SSSR count). The second kappa shape index (κ2) is 7.57. The van der Waals surface area contributed by atoms with Crippen molar-refractivity contribution in [3.8, 4) is 5.75 Å². The van der Waals surface area contributed by atoms with E-state index in [1.807, 2.05) is 29.2 Å². The molecule has 0 saturated carbocycles. The Kier molecular flexibility index (Phi) is 5.23. The van der Waals surface area contributed by atoms with E-state index < -0.39 is 0 Å². The minimum atomic E-state index is -0.321. The van der Waals surface area contributed by atoms with E-state index in [4.69, 9.17) is 10.5 Å². The maximum Gasteiger partial charge on any atom is 0.231 e. The van der Waals surface area contributed by atoms with E-state index >= 15 is 0 Å². The van der Waals surface area contributed by atoms with E-state index in [0.29, 0.717) is 6.54 Å². The van der Waals surface area contributed by atoms with Gasteiger partial charge in [-0.1, -0.05) is 0 Å². The minimum absolute atomic E-state index is 0.00593. The topological polar surface area (TPSA) is 100 Å². The maximum absolute atomic E-state index is 12.4. The summed E-state index contributed by atoms with van der Waals surface area (Å²) in [7, 11) is 1.64. The third-order valence-electron chi connectivity index (χ3n) is 4.67. The molecule has 7 nitrogen and oxygen atoms in total. The van der Waals surface area contributed by atoms with E-state index in [0.717, 1.165) is 48.3 Å². The van der Waals surface area contributed by atoms with Crippen LogP contribution in [0.5, 0.6) is 5.75 Å². The highest BCUT2D eigenvalue weighted by molar-refractivity contribution is 5.82. The van der Waals surface area contributed by atoms with Gasteiger partial charge in [0.1, 0.15) is 5.75 Å². The van der Waals surface area contributed by atoms with Gasteiger partial charge in [-0.2, -0.15) is 0 Å². The van der Waals surface area contributed by atoms with Gasteiger partial charge in [0.15, 0.2) is 0 Å². The lowest BCUT2D eigenvalue weighted by Gasteiger charge is -2.30. The van der Waals surface area contributed by atoms with Gasteiger partial charge in [0, 0.05) is 22.5 Å². The van der Waals surface area contributed by atoms with Crippen LogP contribution in [-0.2, 0) is 16.1 Å². The molecule has 1 saturated heterocycles. The monoisotopic (exact) mass is 344 g/mol. The van der Waals surface area contributed by atoms with Crippen molar-refractivity contribution >= 4 is 22.7 Å². The molecule has 1 aliphatic rings. The summed E-state index contributed by atoms with van der Waals surface area (Å²) in [5.41, 5.74) is 7.19. The predicted octanol–water partition coefficient (Wildman–Crippen LogP) is 0.990. The number of primary amides is 1. The number of fused-ring (bicyclic) bond motifs is 1. The molecule has 0 unspecified atom stereocenters. The molecule has 7 heteroatoms. The van der Waals surface area contributed by atoms with Gasteiger partial charge in [0.2, 0.25) is 11.8 Å². The molecule has 0 spiro atoms. The van der Waals surface area contributed by atoms with Crippen molar-refractivity contribution in [2.45, 2.75) is 19.4 Å². The molecule has 1 aromatic heterocycles. The standard InChI is InChI=1S/C18H24N4O3/c1-25-15-2-3-16-13(9-15)8-14(21-16)10-20-18(24)12-4-6-22(7-5-12)11-17(19)23/h2-3,8-9,12,21H,4-7,10-11H2,1H3,(H2,19,23)(H,20,24). The Morgan fingerprint density at radius 3 is 2.76 bits per heavy atom. The summed E-state index contributed by atoms with van der Waals surface area (Å²) < 4.78 is 5.23. The van der Waals surface area contributed by atoms with Crippen LogP contribution < -0.4 is 15.8 Å². The molecule has 4 N–H and O–H groups in total. The number of carbonyl (C=O) groups excluding carboxylic acids is 2. The number of amides is 2. The van der Waals surface area contributed by atoms with E-state index in [1.54, 1.807) is 7.11 Å². The summed E-state index contributed by atoms with van der Waals surface area (Å²) in [4.78, 5) is 28.6. The number of aromatic amines is 1. The van der Waals surface area contributed by atoms with Crippen molar-refractivity contribution in [3.63, 3.8) is 0 Å². The van der Waals surface area contributed by atoms with Crippen molar-refractivity contribution in [1.29, 1.82) is 0 Å². The van der Waals surface area contributed by atoms with Crippen molar-refractivity contribution in [3.05, 3.63) is 30.0 Å². The van der Waals surface area contributed by atoms with E-state index in [2.05, 4.69) is 10.3 Å². The highest BCUT2D eigenvalue weighted by Crippen LogP contribution is 2.22. The van der Waals surface area contributed by atoms with Gasteiger partial charge in [-0.3, -0.25) is 14.5 Å². The number of hydrogen-bond acceptors (Lipinski definition) is 4. The van der Waals surface area contributed by atoms with Crippen LogP contribution in [0.15, 0.2) is 24.3 Å². The summed E-state index contributed by atoms with van der Waals surface area (Å²) >= 11 is 0. The number of rotatable bonds is 6. The maximum atomic E-state index is 12.4. The highest BCUT2D eigenvalue weighted by Gasteiger charge is 2.25. The number of ether oxygens (including phenoxy) is 1. The molecule has 2 aromatic rings. The van der Waals surface area contributed by atoms with Crippen LogP contribution in [0.3, 0.4) is 0 Å². The normalized spacial score (nSPS) is 16.0. The largest absolute Gasteiger partial charge is 0.497 e. The van der Waals surface area contributed by atoms with Gasteiger partial charge in [-0.05, 0) is 50.2 Å².